The standard InChI is InChI=1S/C17H28N4O4/c1-11-5-6-17(21(11)15(24)14(18)12(2)22)10-20(16(17)25)9-13(23)19-7-3-4-8-19/h11-12,14,22H,3-10,18H2,1-2H3/t11?,12-,14+,17?/m1/s1. The molecule has 3 aliphatic rings. The molecule has 8 heteroatoms. The van der Waals surface area contributed by atoms with Crippen LogP contribution in [-0.2, 0) is 14.4 Å². The minimum atomic E-state index is -1.04. The fraction of sp³-hybridized carbons (Fsp3) is 0.824. The summed E-state index contributed by atoms with van der Waals surface area (Å²) in [6.45, 7) is 5.34. The van der Waals surface area contributed by atoms with Crippen LogP contribution < -0.4 is 5.73 Å². The van der Waals surface area contributed by atoms with Gasteiger partial charge in [0.25, 0.3) is 5.91 Å². The number of aliphatic hydroxyl groups excluding tert-OH is 1. The van der Waals surface area contributed by atoms with E-state index in [0.29, 0.717) is 13.0 Å². The number of hydrogen-bond donors (Lipinski definition) is 2. The lowest BCUT2D eigenvalue weighted by atomic mass is 9.85. The fourth-order valence-corrected chi connectivity index (χ4v) is 4.30. The van der Waals surface area contributed by atoms with Gasteiger partial charge in [-0.25, -0.2) is 0 Å². The Kier molecular flexibility index (Phi) is 4.76. The van der Waals surface area contributed by atoms with E-state index in [2.05, 4.69) is 0 Å². The van der Waals surface area contributed by atoms with E-state index in [1.54, 1.807) is 9.80 Å². The van der Waals surface area contributed by atoms with Gasteiger partial charge in [0, 0.05) is 19.1 Å². The summed E-state index contributed by atoms with van der Waals surface area (Å²) in [5.41, 5.74) is 4.94. The van der Waals surface area contributed by atoms with Gasteiger partial charge < -0.3 is 25.5 Å². The third-order valence-corrected chi connectivity index (χ3v) is 5.84. The number of nitrogens with two attached hydrogens (primary N) is 1. The second-order valence-corrected chi connectivity index (χ2v) is 7.64. The largest absolute Gasteiger partial charge is 0.391 e. The first-order valence-corrected chi connectivity index (χ1v) is 9.12. The molecule has 8 nitrogen and oxygen atoms in total. The third kappa shape index (κ3) is 2.91. The summed E-state index contributed by atoms with van der Waals surface area (Å²) >= 11 is 0. The van der Waals surface area contributed by atoms with Gasteiger partial charge >= 0.3 is 0 Å². The molecular weight excluding hydrogens is 324 g/mol. The van der Waals surface area contributed by atoms with E-state index in [1.165, 1.54) is 11.8 Å². The van der Waals surface area contributed by atoms with Crippen molar-refractivity contribution in [3.63, 3.8) is 0 Å². The first kappa shape index (κ1) is 18.1. The maximum atomic E-state index is 12.8. The molecule has 0 aromatic heterocycles. The molecule has 0 aliphatic carbocycles. The van der Waals surface area contributed by atoms with Crippen molar-refractivity contribution in [2.75, 3.05) is 26.2 Å². The predicted octanol–water partition coefficient (Wildman–Crippen LogP) is -1.09. The zero-order valence-electron chi connectivity index (χ0n) is 15.0. The summed E-state index contributed by atoms with van der Waals surface area (Å²) in [5, 5.41) is 9.64. The fourth-order valence-electron chi connectivity index (χ4n) is 4.30. The molecule has 3 rings (SSSR count). The first-order chi connectivity index (χ1) is 11.8. The van der Waals surface area contributed by atoms with E-state index in [-0.39, 0.29) is 30.3 Å². The molecule has 25 heavy (non-hydrogen) atoms. The van der Waals surface area contributed by atoms with Gasteiger partial charge in [0.1, 0.15) is 11.6 Å². The Labute approximate surface area is 147 Å². The molecule has 0 aromatic carbocycles. The van der Waals surface area contributed by atoms with Crippen molar-refractivity contribution in [3.8, 4) is 0 Å². The second-order valence-electron chi connectivity index (χ2n) is 7.64. The topological polar surface area (TPSA) is 107 Å². The SMILES string of the molecule is CC1CCC2(CN(CC(=O)N3CCCC3)C2=O)N1C(=O)[C@@H](N)[C@@H](C)O. The van der Waals surface area contributed by atoms with Crippen LogP contribution in [0.5, 0.6) is 0 Å². The Hall–Kier alpha value is -1.67. The van der Waals surface area contributed by atoms with Crippen molar-refractivity contribution in [3.05, 3.63) is 0 Å². The van der Waals surface area contributed by atoms with Crippen LogP contribution in [0.15, 0.2) is 0 Å². The van der Waals surface area contributed by atoms with Crippen LogP contribution in [0.4, 0.5) is 0 Å². The van der Waals surface area contributed by atoms with Crippen molar-refractivity contribution in [1.29, 1.82) is 0 Å². The van der Waals surface area contributed by atoms with Gasteiger partial charge in [-0.2, -0.15) is 0 Å². The average Bonchev–Trinajstić information content (AvgIpc) is 3.22. The van der Waals surface area contributed by atoms with Crippen LogP contribution >= 0.6 is 0 Å². The normalized spacial score (nSPS) is 31.4. The van der Waals surface area contributed by atoms with Crippen molar-refractivity contribution >= 4 is 17.7 Å². The van der Waals surface area contributed by atoms with Crippen LogP contribution in [-0.4, -0.2) is 87.4 Å². The van der Waals surface area contributed by atoms with Crippen LogP contribution in [0.2, 0.25) is 0 Å². The van der Waals surface area contributed by atoms with Crippen LogP contribution in [0.3, 0.4) is 0 Å². The van der Waals surface area contributed by atoms with Gasteiger partial charge in [-0.3, -0.25) is 14.4 Å². The van der Waals surface area contributed by atoms with Crippen LogP contribution in [0.25, 0.3) is 0 Å². The summed E-state index contributed by atoms with van der Waals surface area (Å²) < 4.78 is 0. The molecule has 3 heterocycles. The molecule has 3 aliphatic heterocycles. The van der Waals surface area contributed by atoms with Gasteiger partial charge in [-0.05, 0) is 39.5 Å². The highest BCUT2D eigenvalue weighted by Gasteiger charge is 2.62. The lowest BCUT2D eigenvalue weighted by Crippen LogP contribution is -2.75. The number of nitrogens with zero attached hydrogens (tertiary/aromatic N) is 3. The number of carbonyl (C=O) groups excluding carboxylic acids is 3. The minimum absolute atomic E-state index is 0.0229. The number of likely N-dealkylation sites (tertiary alicyclic amines) is 3. The summed E-state index contributed by atoms with van der Waals surface area (Å²) in [5.74, 6) is -0.584. The number of hydrogen-bond acceptors (Lipinski definition) is 5. The Bertz CT molecular complexity index is 575. The van der Waals surface area contributed by atoms with Gasteiger partial charge in [0.2, 0.25) is 11.8 Å². The average molecular weight is 352 g/mol. The Morgan fingerprint density at radius 2 is 2.00 bits per heavy atom. The number of rotatable bonds is 4. The number of aliphatic hydroxyl groups is 1. The Morgan fingerprint density at radius 1 is 1.36 bits per heavy atom. The lowest BCUT2D eigenvalue weighted by Gasteiger charge is -2.52. The summed E-state index contributed by atoms with van der Waals surface area (Å²) in [4.78, 5) is 42.7. The van der Waals surface area contributed by atoms with Crippen molar-refractivity contribution < 1.29 is 19.5 Å². The highest BCUT2D eigenvalue weighted by Crippen LogP contribution is 2.42. The summed E-state index contributed by atoms with van der Waals surface area (Å²) in [6.07, 6.45) is 2.36. The monoisotopic (exact) mass is 352 g/mol. The predicted molar refractivity (Wildman–Crippen MR) is 90.3 cm³/mol. The zero-order valence-corrected chi connectivity index (χ0v) is 15.0. The molecule has 140 valence electrons. The van der Waals surface area contributed by atoms with Gasteiger partial charge in [0.05, 0.1) is 19.2 Å². The molecule has 0 bridgehead atoms. The highest BCUT2D eigenvalue weighted by atomic mass is 16.3. The summed E-state index contributed by atoms with van der Waals surface area (Å²) in [6, 6.07) is -1.14. The lowest BCUT2D eigenvalue weighted by molar-refractivity contribution is -0.172. The molecule has 0 radical (unpaired) electrons. The maximum Gasteiger partial charge on any atom is 0.250 e. The van der Waals surface area contributed by atoms with E-state index in [4.69, 9.17) is 5.73 Å². The van der Waals surface area contributed by atoms with Gasteiger partial charge in [-0.1, -0.05) is 0 Å². The Balaban J connectivity index is 1.68. The van der Waals surface area contributed by atoms with Crippen LogP contribution in [0.1, 0.15) is 39.5 Å². The van der Waals surface area contributed by atoms with Crippen molar-refractivity contribution in [2.45, 2.75) is 63.3 Å². The van der Waals surface area contributed by atoms with Crippen molar-refractivity contribution in [2.24, 2.45) is 5.73 Å². The summed E-state index contributed by atoms with van der Waals surface area (Å²) in [7, 11) is 0. The number of β-lactam (4-membered cyclic amide) rings is 1. The molecule has 3 amide bonds. The van der Waals surface area contributed by atoms with E-state index in [9.17, 15) is 19.5 Å². The van der Waals surface area contributed by atoms with Gasteiger partial charge in [-0.15, -0.1) is 0 Å². The van der Waals surface area contributed by atoms with Crippen molar-refractivity contribution in [1.82, 2.24) is 14.7 Å². The smallest absolute Gasteiger partial charge is 0.250 e. The number of carbonyl (C=O) groups is 3. The molecule has 3 N–H and O–H groups in total. The molecule has 4 atom stereocenters. The third-order valence-electron chi connectivity index (χ3n) is 5.84. The highest BCUT2D eigenvalue weighted by molar-refractivity contribution is 6.00. The molecule has 3 fully saturated rings. The van der Waals surface area contributed by atoms with Crippen LogP contribution in [0, 0.1) is 0 Å². The van der Waals surface area contributed by atoms with E-state index in [0.717, 1.165) is 32.4 Å². The van der Waals surface area contributed by atoms with Gasteiger partial charge in [0.15, 0.2) is 0 Å². The minimum Gasteiger partial charge on any atom is -0.391 e. The molecular formula is C17H28N4O4. The molecule has 3 saturated heterocycles. The van der Waals surface area contributed by atoms with E-state index >= 15 is 0 Å². The zero-order chi connectivity index (χ0) is 18.4. The Morgan fingerprint density at radius 3 is 2.56 bits per heavy atom. The van der Waals surface area contributed by atoms with E-state index < -0.39 is 17.7 Å². The maximum absolute atomic E-state index is 12.8. The molecule has 1 spiro atoms. The second kappa shape index (κ2) is 6.57. The molecule has 0 saturated carbocycles. The van der Waals surface area contributed by atoms with E-state index in [1.807, 2.05) is 6.92 Å². The quantitative estimate of drug-likeness (QED) is 0.625. The molecule has 2 unspecified atom stereocenters. The number of amides is 3. The first-order valence-electron chi connectivity index (χ1n) is 9.12. The molecule has 0 aromatic rings.